The summed E-state index contributed by atoms with van der Waals surface area (Å²) in [6.07, 6.45) is 0.798. The number of benzene rings is 1. The summed E-state index contributed by atoms with van der Waals surface area (Å²) in [5.41, 5.74) is 0.161. The van der Waals surface area contributed by atoms with E-state index in [9.17, 15) is 13.6 Å². The van der Waals surface area contributed by atoms with E-state index in [0.717, 1.165) is 18.6 Å². The third-order valence-corrected chi connectivity index (χ3v) is 2.83. The maximum Gasteiger partial charge on any atom is 0.253 e. The molecule has 0 aliphatic rings. The second kappa shape index (κ2) is 6.10. The highest BCUT2D eigenvalue weighted by atomic mass is 79.9. The lowest BCUT2D eigenvalue weighted by Crippen LogP contribution is -2.28. The summed E-state index contributed by atoms with van der Waals surface area (Å²) in [7, 11) is 1.64. The average molecular weight is 306 g/mol. The van der Waals surface area contributed by atoms with Gasteiger partial charge in [-0.1, -0.05) is 22.9 Å². The molecule has 1 unspecified atom stereocenters. The standard InChI is InChI=1S/C12H14BrF2NO/c1-8(13)5-6-16(2)12(17)9-3-4-10(14)11(15)7-9/h3-4,7-8H,5-6H2,1-2H3. The van der Waals surface area contributed by atoms with E-state index in [1.165, 1.54) is 11.0 Å². The quantitative estimate of drug-likeness (QED) is 0.782. The molecule has 1 rings (SSSR count). The molecular weight excluding hydrogens is 292 g/mol. The summed E-state index contributed by atoms with van der Waals surface area (Å²) >= 11 is 3.38. The lowest BCUT2D eigenvalue weighted by atomic mass is 10.2. The number of hydrogen-bond acceptors (Lipinski definition) is 1. The maximum absolute atomic E-state index is 13.0. The molecule has 1 amide bonds. The monoisotopic (exact) mass is 305 g/mol. The molecule has 2 nitrogen and oxygen atoms in total. The number of nitrogens with zero attached hydrogens (tertiary/aromatic N) is 1. The minimum Gasteiger partial charge on any atom is -0.342 e. The Morgan fingerprint density at radius 3 is 2.59 bits per heavy atom. The number of halogens is 3. The zero-order valence-electron chi connectivity index (χ0n) is 9.71. The molecule has 0 fully saturated rings. The van der Waals surface area contributed by atoms with Crippen LogP contribution in [0.4, 0.5) is 8.78 Å². The molecule has 0 saturated heterocycles. The van der Waals surface area contributed by atoms with Gasteiger partial charge in [0.05, 0.1) is 0 Å². The van der Waals surface area contributed by atoms with Crippen LogP contribution in [0.5, 0.6) is 0 Å². The number of hydrogen-bond donors (Lipinski definition) is 0. The first kappa shape index (κ1) is 14.1. The summed E-state index contributed by atoms with van der Waals surface area (Å²) in [4.78, 5) is 13.6. The second-order valence-electron chi connectivity index (χ2n) is 3.93. The highest BCUT2D eigenvalue weighted by Gasteiger charge is 2.14. The molecule has 0 bridgehead atoms. The Morgan fingerprint density at radius 2 is 2.06 bits per heavy atom. The molecule has 0 N–H and O–H groups in total. The average Bonchev–Trinajstić information content (AvgIpc) is 2.28. The molecule has 0 aliphatic carbocycles. The van der Waals surface area contributed by atoms with Crippen molar-refractivity contribution in [2.75, 3.05) is 13.6 Å². The molecule has 1 atom stereocenters. The fourth-order valence-electron chi connectivity index (χ4n) is 1.32. The molecule has 0 radical (unpaired) electrons. The smallest absolute Gasteiger partial charge is 0.253 e. The number of rotatable bonds is 4. The number of carbonyl (C=O) groups excluding carboxylic acids is 1. The zero-order chi connectivity index (χ0) is 13.0. The van der Waals surface area contributed by atoms with Crippen LogP contribution < -0.4 is 0 Å². The molecule has 0 saturated carbocycles. The molecule has 0 heterocycles. The van der Waals surface area contributed by atoms with E-state index in [2.05, 4.69) is 15.9 Å². The van der Waals surface area contributed by atoms with E-state index in [1.54, 1.807) is 7.05 Å². The highest BCUT2D eigenvalue weighted by molar-refractivity contribution is 9.09. The Bertz CT molecular complexity index is 409. The molecule has 1 aromatic rings. The summed E-state index contributed by atoms with van der Waals surface area (Å²) in [6.45, 7) is 2.54. The van der Waals surface area contributed by atoms with Crippen LogP contribution in [0.3, 0.4) is 0 Å². The molecule has 17 heavy (non-hydrogen) atoms. The lowest BCUT2D eigenvalue weighted by molar-refractivity contribution is 0.0793. The van der Waals surface area contributed by atoms with Crippen molar-refractivity contribution in [3.8, 4) is 0 Å². The van der Waals surface area contributed by atoms with Gasteiger partial charge in [0.15, 0.2) is 11.6 Å². The van der Waals surface area contributed by atoms with Crippen molar-refractivity contribution in [1.82, 2.24) is 4.90 Å². The topological polar surface area (TPSA) is 20.3 Å². The third-order valence-electron chi connectivity index (χ3n) is 2.38. The predicted octanol–water partition coefficient (Wildman–Crippen LogP) is 3.21. The van der Waals surface area contributed by atoms with Gasteiger partial charge in [0.25, 0.3) is 5.91 Å². The van der Waals surface area contributed by atoms with Crippen LogP contribution in [0, 0.1) is 11.6 Å². The van der Waals surface area contributed by atoms with Crippen molar-refractivity contribution in [1.29, 1.82) is 0 Å². The van der Waals surface area contributed by atoms with Crippen LogP contribution in [0.15, 0.2) is 18.2 Å². The maximum atomic E-state index is 13.0. The van der Waals surface area contributed by atoms with Crippen molar-refractivity contribution >= 4 is 21.8 Å². The van der Waals surface area contributed by atoms with Gasteiger partial charge >= 0.3 is 0 Å². The molecule has 1 aromatic carbocycles. The first-order chi connectivity index (χ1) is 7.91. The molecule has 94 valence electrons. The largest absolute Gasteiger partial charge is 0.342 e. The zero-order valence-corrected chi connectivity index (χ0v) is 11.3. The van der Waals surface area contributed by atoms with Gasteiger partial charge in [-0.25, -0.2) is 8.78 Å². The Kier molecular flexibility index (Phi) is 5.05. The highest BCUT2D eigenvalue weighted by Crippen LogP contribution is 2.11. The molecule has 0 aromatic heterocycles. The van der Waals surface area contributed by atoms with E-state index in [4.69, 9.17) is 0 Å². The van der Waals surface area contributed by atoms with Gasteiger partial charge in [-0.05, 0) is 24.6 Å². The molecule has 5 heteroatoms. The van der Waals surface area contributed by atoms with Crippen molar-refractivity contribution in [3.05, 3.63) is 35.4 Å². The second-order valence-corrected chi connectivity index (χ2v) is 5.49. The summed E-state index contributed by atoms with van der Waals surface area (Å²) in [5.74, 6) is -2.26. The van der Waals surface area contributed by atoms with Gasteiger partial charge < -0.3 is 4.90 Å². The number of amides is 1. The van der Waals surface area contributed by atoms with Gasteiger partial charge in [-0.3, -0.25) is 4.79 Å². The first-order valence-corrected chi connectivity index (χ1v) is 6.18. The van der Waals surface area contributed by atoms with Crippen molar-refractivity contribution in [2.45, 2.75) is 18.2 Å². The van der Waals surface area contributed by atoms with Crippen molar-refractivity contribution in [2.24, 2.45) is 0 Å². The SMILES string of the molecule is CC(Br)CCN(C)C(=O)c1ccc(F)c(F)c1. The van der Waals surface area contributed by atoms with E-state index in [0.29, 0.717) is 11.4 Å². The van der Waals surface area contributed by atoms with Gasteiger partial charge in [0, 0.05) is 24.0 Å². The number of alkyl halides is 1. The molecule has 0 spiro atoms. The Labute approximate surface area is 108 Å². The van der Waals surface area contributed by atoms with Crippen LogP contribution in [0.2, 0.25) is 0 Å². The minimum atomic E-state index is -1.00. The van der Waals surface area contributed by atoms with E-state index >= 15 is 0 Å². The lowest BCUT2D eigenvalue weighted by Gasteiger charge is -2.18. The van der Waals surface area contributed by atoms with Crippen LogP contribution in [0.1, 0.15) is 23.7 Å². The Hall–Kier alpha value is -0.970. The summed E-state index contributed by atoms with van der Waals surface area (Å²) < 4.78 is 25.7. The van der Waals surface area contributed by atoms with Crippen molar-refractivity contribution in [3.63, 3.8) is 0 Å². The third kappa shape index (κ3) is 4.07. The van der Waals surface area contributed by atoms with Crippen LogP contribution in [0.25, 0.3) is 0 Å². The van der Waals surface area contributed by atoms with Gasteiger partial charge in [-0.15, -0.1) is 0 Å². The Balaban J connectivity index is 2.71. The molecule has 0 aliphatic heterocycles. The fourth-order valence-corrected chi connectivity index (χ4v) is 1.53. The minimum absolute atomic E-state index is 0.161. The normalized spacial score (nSPS) is 12.3. The van der Waals surface area contributed by atoms with Gasteiger partial charge in [-0.2, -0.15) is 0 Å². The van der Waals surface area contributed by atoms with E-state index < -0.39 is 11.6 Å². The fraction of sp³-hybridized carbons (Fsp3) is 0.417. The predicted molar refractivity (Wildman–Crippen MR) is 66.3 cm³/mol. The van der Waals surface area contributed by atoms with Crippen LogP contribution in [-0.4, -0.2) is 29.2 Å². The summed E-state index contributed by atoms with van der Waals surface area (Å²) in [5, 5.41) is 0. The summed E-state index contributed by atoms with van der Waals surface area (Å²) in [6, 6.07) is 3.17. The van der Waals surface area contributed by atoms with Gasteiger partial charge in [0.1, 0.15) is 0 Å². The Morgan fingerprint density at radius 1 is 1.41 bits per heavy atom. The number of carbonyl (C=O) groups is 1. The van der Waals surface area contributed by atoms with Crippen LogP contribution >= 0.6 is 15.9 Å². The van der Waals surface area contributed by atoms with Crippen LogP contribution in [-0.2, 0) is 0 Å². The van der Waals surface area contributed by atoms with Crippen molar-refractivity contribution < 1.29 is 13.6 Å². The first-order valence-electron chi connectivity index (χ1n) is 5.26. The van der Waals surface area contributed by atoms with E-state index in [-0.39, 0.29) is 11.5 Å². The van der Waals surface area contributed by atoms with E-state index in [1.807, 2.05) is 6.92 Å². The molecular formula is C12H14BrF2NO. The van der Waals surface area contributed by atoms with Gasteiger partial charge in [0.2, 0.25) is 0 Å².